The molecule has 4 rings (SSSR count). The Morgan fingerprint density at radius 1 is 1.12 bits per heavy atom. The van der Waals surface area contributed by atoms with E-state index in [4.69, 9.17) is 5.73 Å². The number of benzene rings is 2. The van der Waals surface area contributed by atoms with Crippen LogP contribution in [0.5, 0.6) is 0 Å². The molecule has 0 saturated heterocycles. The Labute approximate surface area is 223 Å². The zero-order chi connectivity index (χ0) is 16.9. The van der Waals surface area contributed by atoms with Gasteiger partial charge in [-0.1, -0.05) is 41.5 Å². The summed E-state index contributed by atoms with van der Waals surface area (Å²) >= 11 is 0. The zero-order valence-electron chi connectivity index (χ0n) is 14.1. The molecule has 26 heavy (non-hydrogen) atoms. The fourth-order valence-electron chi connectivity index (χ4n) is 2.73. The first kappa shape index (κ1) is 23.9. The van der Waals surface area contributed by atoms with Gasteiger partial charge in [0.2, 0.25) is 0 Å². The van der Waals surface area contributed by atoms with E-state index in [2.05, 4.69) is 16.4 Å². The quantitative estimate of drug-likeness (QED) is 0.259. The minimum atomic E-state index is -0.387. The molecule has 0 atom stereocenters. The Kier molecular flexibility index (Phi) is 10.7. The summed E-state index contributed by atoms with van der Waals surface area (Å²) in [6.07, 6.45) is 4.12. The van der Waals surface area contributed by atoms with Crippen molar-refractivity contribution >= 4 is 22.1 Å². The van der Waals surface area contributed by atoms with Gasteiger partial charge in [-0.25, -0.2) is 0 Å². The minimum Gasteiger partial charge on any atom is -0.698 e. The van der Waals surface area contributed by atoms with Crippen molar-refractivity contribution in [3.05, 3.63) is 87.1 Å². The van der Waals surface area contributed by atoms with Crippen molar-refractivity contribution in [2.45, 2.75) is 13.0 Å². The molecule has 0 aliphatic carbocycles. The number of hydrogen-bond acceptors (Lipinski definition) is 3. The number of aromatic nitrogens is 1. The van der Waals surface area contributed by atoms with E-state index < -0.39 is 0 Å². The van der Waals surface area contributed by atoms with E-state index in [9.17, 15) is 10.1 Å². The summed E-state index contributed by atoms with van der Waals surface area (Å²) < 4.78 is 0. The Morgan fingerprint density at radius 2 is 1.88 bits per heavy atom. The number of nitrogens with one attached hydrogen (secondary N) is 1. The van der Waals surface area contributed by atoms with E-state index in [1.165, 1.54) is 17.2 Å². The molecule has 2 heterocycles. The number of hydrogen-bond donors (Lipinski definition) is 0. The maximum Gasteiger partial charge on any atom is 0.277 e. The second kappa shape index (κ2) is 11.7. The van der Waals surface area contributed by atoms with Crippen LogP contribution in [0.1, 0.15) is 11.1 Å². The second-order valence-electron chi connectivity index (χ2n) is 5.43. The van der Waals surface area contributed by atoms with Crippen LogP contribution in [0, 0.1) is 98.2 Å². The van der Waals surface area contributed by atoms with Crippen LogP contribution >= 0.6 is 0 Å². The van der Waals surface area contributed by atoms with E-state index in [0.29, 0.717) is 11.1 Å². The van der Waals surface area contributed by atoms with Crippen molar-refractivity contribution < 1.29 is 93.0 Å². The molecule has 0 unspecified atom stereocenters. The van der Waals surface area contributed by atoms with Gasteiger partial charge in [0.1, 0.15) is 0 Å². The molecule has 8 heteroatoms. The van der Waals surface area contributed by atoms with Crippen molar-refractivity contribution in [2.24, 2.45) is 0 Å². The third-order valence-electron chi connectivity index (χ3n) is 3.93. The fraction of sp³-hybridized carbons (Fsp3) is 0.167. The molecule has 2 aromatic carbocycles. The third kappa shape index (κ3) is 5.95. The molecule has 0 amide bonds. The molecule has 1 N–H and O–H groups in total. The predicted molar refractivity (Wildman–Crippen MR) is 94.5 cm³/mol. The number of nitro benzene ring substituents is 1. The first-order chi connectivity index (χ1) is 11.7. The largest absolute Gasteiger partial charge is 0.698 e. The summed E-state index contributed by atoms with van der Waals surface area (Å²) in [5, 5.41) is 16.3. The molecule has 0 saturated carbocycles. The van der Waals surface area contributed by atoms with Crippen molar-refractivity contribution in [3.63, 3.8) is 0 Å². The van der Waals surface area contributed by atoms with Gasteiger partial charge >= 0.3 is 0 Å². The van der Waals surface area contributed by atoms with Crippen LogP contribution in [-0.4, -0.2) is 16.5 Å². The maximum atomic E-state index is 10.6. The Hall–Kier alpha value is -0.107. The number of rotatable bonds is 1. The molecule has 1 aromatic heterocycles. The van der Waals surface area contributed by atoms with Gasteiger partial charge in [0.05, 0.1) is 10.3 Å². The molecule has 0 spiro atoms. The summed E-state index contributed by atoms with van der Waals surface area (Å²) in [5.74, 6) is 0. The summed E-state index contributed by atoms with van der Waals surface area (Å²) in [6.45, 7) is 1.70. The summed E-state index contributed by atoms with van der Waals surface area (Å²) in [5.41, 5.74) is 10.8. The van der Waals surface area contributed by atoms with Crippen LogP contribution in [0.2, 0.25) is 0 Å². The van der Waals surface area contributed by atoms with Crippen LogP contribution in [0.3, 0.4) is 0 Å². The van der Waals surface area contributed by atoms with Gasteiger partial charge in [-0.3, -0.25) is 15.1 Å². The minimum absolute atomic E-state index is 0. The van der Waals surface area contributed by atoms with E-state index in [0.717, 1.165) is 24.9 Å². The van der Waals surface area contributed by atoms with Gasteiger partial charge in [0.15, 0.2) is 0 Å². The normalized spacial score (nSPS) is 11.8. The van der Waals surface area contributed by atoms with E-state index >= 15 is 0 Å². The Bertz CT molecular complexity index is 885. The van der Waals surface area contributed by atoms with Crippen molar-refractivity contribution in [3.8, 4) is 0 Å². The van der Waals surface area contributed by atoms with Crippen molar-refractivity contribution in [1.29, 1.82) is 0 Å². The van der Waals surface area contributed by atoms with Gasteiger partial charge in [-0.2, -0.15) is 0 Å². The maximum absolute atomic E-state index is 10.6. The number of nitrogens with zero attached hydrogens (tertiary/aromatic N) is 3. The summed E-state index contributed by atoms with van der Waals surface area (Å²) in [6, 6.07) is 12.4. The van der Waals surface area contributed by atoms with Gasteiger partial charge in [-0.05, 0) is 12.5 Å². The molecule has 1 aliphatic heterocycles. The van der Waals surface area contributed by atoms with Crippen LogP contribution < -0.4 is 0 Å². The van der Waals surface area contributed by atoms with Crippen LogP contribution in [0.25, 0.3) is 21.8 Å². The van der Waals surface area contributed by atoms with E-state index in [1.54, 1.807) is 30.6 Å². The number of pyridine rings is 1. The zero-order valence-corrected chi connectivity index (χ0v) is 23.6. The topological polar surface area (TPSA) is 93.9 Å². The summed E-state index contributed by atoms with van der Waals surface area (Å²) in [7, 11) is 0. The number of nitro groups is 1. The van der Waals surface area contributed by atoms with Gasteiger partial charge < -0.3 is 11.1 Å². The molecule has 0 bridgehead atoms. The second-order valence-corrected chi connectivity index (χ2v) is 5.43. The van der Waals surface area contributed by atoms with Crippen molar-refractivity contribution in [2.75, 3.05) is 6.54 Å². The van der Waals surface area contributed by atoms with Gasteiger partial charge in [0.25, 0.3) is 5.69 Å². The SMILES string of the molecule is O=[N+]([O-])c1cccc2cnccc12.[Ac].[Ac].[NH-]c1cccc2c1CC[N-]C2. The molecule has 6 nitrogen and oxygen atoms in total. The van der Waals surface area contributed by atoms with E-state index in [1.807, 2.05) is 12.1 Å². The fourth-order valence-corrected chi connectivity index (χ4v) is 2.73. The number of fused-ring (bicyclic) bond motifs is 2. The first-order valence-corrected chi connectivity index (χ1v) is 7.59. The molecular weight excluding hydrogens is 758 g/mol. The van der Waals surface area contributed by atoms with E-state index in [-0.39, 0.29) is 98.7 Å². The molecule has 1 aliphatic rings. The summed E-state index contributed by atoms with van der Waals surface area (Å²) in [4.78, 5) is 14.1. The average Bonchev–Trinajstić information content (AvgIpc) is 2.62. The molecule has 3 aromatic rings. The van der Waals surface area contributed by atoms with Crippen LogP contribution in [0.15, 0.2) is 54.9 Å². The van der Waals surface area contributed by atoms with Crippen LogP contribution in [0.4, 0.5) is 11.4 Å². The Morgan fingerprint density at radius 3 is 2.62 bits per heavy atom. The molecule has 0 fully saturated rings. The smallest absolute Gasteiger partial charge is 0.277 e. The number of non-ortho nitro benzene ring substituents is 1. The van der Waals surface area contributed by atoms with Crippen LogP contribution in [-0.2, 0) is 13.0 Å². The molecule has 2 radical (unpaired) electrons. The van der Waals surface area contributed by atoms with Gasteiger partial charge in [0, 0.05) is 112 Å². The molecular formula is C18H16Ac2N4O2-2. The molecule has 128 valence electrons. The Balaban J connectivity index is 0.000000244. The third-order valence-corrected chi connectivity index (χ3v) is 3.93. The average molecular weight is 774 g/mol. The predicted octanol–water partition coefficient (Wildman–Crippen LogP) is 4.94. The standard InChI is InChI=1S/C9H6N2O2.C9H10N2.2Ac/c12-11(13)9-3-1-2-7-6-10-5-4-8(7)9;10-9-3-1-2-7-6-11-5-4-8(7)9;;/h1-6H;1-3,10H,4-6H2;;/q;-2;;. The van der Waals surface area contributed by atoms with Crippen molar-refractivity contribution in [1.82, 2.24) is 4.98 Å². The first-order valence-electron chi connectivity index (χ1n) is 7.59. The monoisotopic (exact) mass is 774 g/mol. The van der Waals surface area contributed by atoms with Gasteiger partial charge in [-0.15, -0.1) is 18.8 Å².